The molecular weight excluding hydrogens is 100 g/mol. The minimum Gasteiger partial charge on any atom is -0.348 e. The van der Waals surface area contributed by atoms with Crippen molar-refractivity contribution in [2.75, 3.05) is 0 Å². The summed E-state index contributed by atoms with van der Waals surface area (Å²) in [6.07, 6.45) is 4.42. The van der Waals surface area contributed by atoms with E-state index in [9.17, 15) is 0 Å². The van der Waals surface area contributed by atoms with E-state index in [4.69, 9.17) is 0 Å². The van der Waals surface area contributed by atoms with Crippen LogP contribution in [0.5, 0.6) is 0 Å². The molecule has 1 N–H and O–H groups in total. The summed E-state index contributed by atoms with van der Waals surface area (Å²) < 4.78 is 0. The minimum atomic E-state index is 0.487. The molecule has 1 heterocycles. The van der Waals surface area contributed by atoms with Gasteiger partial charge in [0.15, 0.2) is 0 Å². The van der Waals surface area contributed by atoms with Crippen molar-refractivity contribution in [2.45, 2.75) is 19.8 Å². The first-order valence-corrected chi connectivity index (χ1v) is 2.72. The molecule has 0 bridgehead atoms. The second-order valence-electron chi connectivity index (χ2n) is 2.07. The van der Waals surface area contributed by atoms with Gasteiger partial charge in [0.05, 0.1) is 0 Å². The molecule has 0 aliphatic heterocycles. The lowest BCUT2D eigenvalue weighted by Gasteiger charge is -1.94. The van der Waals surface area contributed by atoms with Gasteiger partial charge in [0.2, 0.25) is 0 Å². The maximum atomic E-state index is 3.94. The van der Waals surface area contributed by atoms with Gasteiger partial charge in [-0.3, -0.25) is 0 Å². The summed E-state index contributed by atoms with van der Waals surface area (Å²) >= 11 is 0. The van der Waals surface area contributed by atoms with Crippen molar-refractivity contribution >= 4 is 0 Å². The summed E-state index contributed by atoms with van der Waals surface area (Å²) in [5.41, 5.74) is 0. The number of nitrogens with one attached hydrogen (secondary N) is 1. The van der Waals surface area contributed by atoms with Crippen molar-refractivity contribution in [3.05, 3.63) is 18.2 Å². The van der Waals surface area contributed by atoms with Gasteiger partial charge in [-0.25, -0.2) is 4.98 Å². The molecule has 0 atom stereocenters. The van der Waals surface area contributed by atoms with Crippen LogP contribution in [0.15, 0.2) is 6.20 Å². The molecule has 1 radical (unpaired) electrons. The van der Waals surface area contributed by atoms with Crippen LogP contribution in [0.3, 0.4) is 0 Å². The number of hydrogen-bond acceptors (Lipinski definition) is 1. The molecule has 1 aromatic heterocycles. The third kappa shape index (κ3) is 0.886. The molecule has 0 aliphatic rings. The Morgan fingerprint density at radius 2 is 2.50 bits per heavy atom. The van der Waals surface area contributed by atoms with Gasteiger partial charge in [0, 0.05) is 12.1 Å². The van der Waals surface area contributed by atoms with E-state index in [1.807, 2.05) is 0 Å². The van der Waals surface area contributed by atoms with Crippen LogP contribution in [-0.4, -0.2) is 9.97 Å². The Hall–Kier alpha value is -0.790. The Kier molecular flexibility index (Phi) is 1.33. The molecule has 0 saturated carbocycles. The van der Waals surface area contributed by atoms with Gasteiger partial charge < -0.3 is 4.98 Å². The fourth-order valence-corrected chi connectivity index (χ4v) is 0.536. The van der Waals surface area contributed by atoms with Crippen molar-refractivity contribution < 1.29 is 0 Å². The molecule has 0 spiro atoms. The SMILES string of the molecule is CC(C)c1n[c]c[nH]1. The van der Waals surface area contributed by atoms with Gasteiger partial charge in [0.25, 0.3) is 0 Å². The van der Waals surface area contributed by atoms with E-state index in [1.165, 1.54) is 0 Å². The van der Waals surface area contributed by atoms with E-state index in [0.717, 1.165) is 5.82 Å². The van der Waals surface area contributed by atoms with E-state index < -0.39 is 0 Å². The number of H-pyrrole nitrogens is 1. The van der Waals surface area contributed by atoms with E-state index >= 15 is 0 Å². The topological polar surface area (TPSA) is 28.7 Å². The highest BCUT2D eigenvalue weighted by Gasteiger charge is 1.97. The van der Waals surface area contributed by atoms with E-state index in [-0.39, 0.29) is 0 Å². The van der Waals surface area contributed by atoms with Crippen LogP contribution >= 0.6 is 0 Å². The number of hydrogen-bond donors (Lipinski definition) is 1. The zero-order chi connectivity index (χ0) is 5.98. The van der Waals surface area contributed by atoms with Gasteiger partial charge in [-0.2, -0.15) is 0 Å². The summed E-state index contributed by atoms with van der Waals surface area (Å²) in [4.78, 5) is 6.91. The normalized spacial score (nSPS) is 10.4. The van der Waals surface area contributed by atoms with Gasteiger partial charge >= 0.3 is 0 Å². The van der Waals surface area contributed by atoms with Crippen LogP contribution in [0.25, 0.3) is 0 Å². The van der Waals surface area contributed by atoms with Crippen molar-refractivity contribution in [1.82, 2.24) is 9.97 Å². The molecule has 1 rings (SSSR count). The first kappa shape index (κ1) is 5.35. The van der Waals surface area contributed by atoms with E-state index in [1.54, 1.807) is 6.20 Å². The number of rotatable bonds is 1. The van der Waals surface area contributed by atoms with Crippen molar-refractivity contribution in [2.24, 2.45) is 0 Å². The highest BCUT2D eigenvalue weighted by molar-refractivity contribution is 4.91. The predicted molar refractivity (Wildman–Crippen MR) is 31.5 cm³/mol. The second kappa shape index (κ2) is 1.99. The molecule has 2 heteroatoms. The highest BCUT2D eigenvalue weighted by atomic mass is 14.9. The van der Waals surface area contributed by atoms with Crippen LogP contribution in [0.2, 0.25) is 0 Å². The molecule has 2 nitrogen and oxygen atoms in total. The molecule has 0 saturated heterocycles. The molecule has 0 aromatic carbocycles. The van der Waals surface area contributed by atoms with Crippen LogP contribution in [0.1, 0.15) is 25.6 Å². The van der Waals surface area contributed by atoms with Crippen LogP contribution in [0.4, 0.5) is 0 Å². The maximum absolute atomic E-state index is 3.94. The summed E-state index contributed by atoms with van der Waals surface area (Å²) in [6.45, 7) is 4.18. The first-order chi connectivity index (χ1) is 3.80. The smallest absolute Gasteiger partial charge is 0.109 e. The summed E-state index contributed by atoms with van der Waals surface area (Å²) in [7, 11) is 0. The summed E-state index contributed by atoms with van der Waals surface area (Å²) in [6, 6.07) is 0. The molecule has 0 fully saturated rings. The molecular formula is C6H9N2. The average molecular weight is 109 g/mol. The van der Waals surface area contributed by atoms with Crippen molar-refractivity contribution in [1.29, 1.82) is 0 Å². The fourth-order valence-electron chi connectivity index (χ4n) is 0.536. The van der Waals surface area contributed by atoms with E-state index in [2.05, 4.69) is 30.0 Å². The summed E-state index contributed by atoms with van der Waals surface area (Å²) in [5, 5.41) is 0. The van der Waals surface area contributed by atoms with Gasteiger partial charge in [0.1, 0.15) is 12.0 Å². The molecule has 1 aromatic rings. The Morgan fingerprint density at radius 1 is 1.75 bits per heavy atom. The lowest BCUT2D eigenvalue weighted by molar-refractivity contribution is 0.794. The average Bonchev–Trinajstić information content (AvgIpc) is 2.12. The first-order valence-electron chi connectivity index (χ1n) is 2.72. The third-order valence-electron chi connectivity index (χ3n) is 1.02. The summed E-state index contributed by atoms with van der Waals surface area (Å²) in [5.74, 6) is 1.49. The minimum absolute atomic E-state index is 0.487. The zero-order valence-electron chi connectivity index (χ0n) is 5.10. The van der Waals surface area contributed by atoms with Gasteiger partial charge in [-0.1, -0.05) is 13.8 Å². The molecule has 0 amide bonds. The Labute approximate surface area is 49.0 Å². The second-order valence-corrected chi connectivity index (χ2v) is 2.07. The van der Waals surface area contributed by atoms with Crippen molar-refractivity contribution in [3.8, 4) is 0 Å². The Morgan fingerprint density at radius 3 is 2.75 bits per heavy atom. The lowest BCUT2D eigenvalue weighted by atomic mass is 10.2. The number of imidazole rings is 1. The van der Waals surface area contributed by atoms with Crippen LogP contribution < -0.4 is 0 Å². The standard InChI is InChI=1S/C6H9N2/c1-5(2)6-7-3-4-8-6/h3,5H,1-2H3,(H,7,8). The molecule has 0 unspecified atom stereocenters. The molecule has 0 aliphatic carbocycles. The zero-order valence-corrected chi connectivity index (χ0v) is 5.10. The van der Waals surface area contributed by atoms with Crippen LogP contribution in [-0.2, 0) is 0 Å². The third-order valence-corrected chi connectivity index (χ3v) is 1.02. The predicted octanol–water partition coefficient (Wildman–Crippen LogP) is 1.33. The number of nitrogens with zero attached hydrogens (tertiary/aromatic N) is 1. The fraction of sp³-hybridized carbons (Fsp3) is 0.500. The van der Waals surface area contributed by atoms with Crippen LogP contribution in [0, 0.1) is 6.20 Å². The largest absolute Gasteiger partial charge is 0.348 e. The molecule has 8 heavy (non-hydrogen) atoms. The van der Waals surface area contributed by atoms with E-state index in [0.29, 0.717) is 5.92 Å². The number of aromatic amines is 1. The lowest BCUT2D eigenvalue weighted by Crippen LogP contribution is -1.87. The quantitative estimate of drug-likeness (QED) is 0.579. The molecule has 43 valence electrons. The Bertz CT molecular complexity index is 142. The van der Waals surface area contributed by atoms with Crippen molar-refractivity contribution in [3.63, 3.8) is 0 Å². The van der Waals surface area contributed by atoms with Gasteiger partial charge in [-0.15, -0.1) is 0 Å². The number of aromatic nitrogens is 2. The maximum Gasteiger partial charge on any atom is 0.109 e. The monoisotopic (exact) mass is 109 g/mol. The van der Waals surface area contributed by atoms with Gasteiger partial charge in [-0.05, 0) is 0 Å². The highest BCUT2D eigenvalue weighted by Crippen LogP contribution is 2.05. The Balaban J connectivity index is 2.77.